The van der Waals surface area contributed by atoms with Gasteiger partial charge in [0.05, 0.1) is 5.92 Å². The van der Waals surface area contributed by atoms with E-state index < -0.39 is 0 Å². The average molecular weight is 245 g/mol. The minimum absolute atomic E-state index is 0.0596. The highest BCUT2D eigenvalue weighted by Gasteiger charge is 2.37. The molecule has 96 valence electrons. The van der Waals surface area contributed by atoms with Crippen LogP contribution >= 0.6 is 0 Å². The predicted molar refractivity (Wildman–Crippen MR) is 70.1 cm³/mol. The normalized spacial score (nSPS) is 28.2. The number of amides is 1. The predicted octanol–water partition coefficient (Wildman–Crippen LogP) is 0.159. The van der Waals surface area contributed by atoms with Crippen LogP contribution < -0.4 is 11.1 Å². The van der Waals surface area contributed by atoms with Crippen LogP contribution in [0.1, 0.15) is 11.5 Å². The van der Waals surface area contributed by atoms with E-state index in [2.05, 4.69) is 17.4 Å². The van der Waals surface area contributed by atoms with Crippen molar-refractivity contribution in [1.82, 2.24) is 10.2 Å². The van der Waals surface area contributed by atoms with E-state index in [1.807, 2.05) is 23.1 Å². The molecule has 0 bridgehead atoms. The highest BCUT2D eigenvalue weighted by molar-refractivity contribution is 5.80. The van der Waals surface area contributed by atoms with Gasteiger partial charge in [-0.05, 0) is 5.56 Å². The molecule has 0 saturated carbocycles. The van der Waals surface area contributed by atoms with Crippen LogP contribution in [0.4, 0.5) is 0 Å². The van der Waals surface area contributed by atoms with Crippen LogP contribution in [-0.4, -0.2) is 43.0 Å². The Bertz CT molecular complexity index is 430. The Labute approximate surface area is 107 Å². The van der Waals surface area contributed by atoms with Crippen molar-refractivity contribution in [3.8, 4) is 0 Å². The monoisotopic (exact) mass is 245 g/mol. The van der Waals surface area contributed by atoms with Crippen molar-refractivity contribution in [3.05, 3.63) is 35.9 Å². The topological polar surface area (TPSA) is 58.4 Å². The van der Waals surface area contributed by atoms with E-state index in [4.69, 9.17) is 5.73 Å². The fourth-order valence-electron chi connectivity index (χ4n) is 2.78. The van der Waals surface area contributed by atoms with Gasteiger partial charge in [0.1, 0.15) is 0 Å². The van der Waals surface area contributed by atoms with Crippen molar-refractivity contribution in [2.45, 2.75) is 12.0 Å². The summed E-state index contributed by atoms with van der Waals surface area (Å²) in [5.74, 6) is 0.720. The van der Waals surface area contributed by atoms with Crippen LogP contribution in [0.3, 0.4) is 0 Å². The van der Waals surface area contributed by atoms with E-state index in [1.54, 1.807) is 0 Å². The van der Waals surface area contributed by atoms with Crippen molar-refractivity contribution >= 4 is 5.91 Å². The van der Waals surface area contributed by atoms with Crippen molar-refractivity contribution in [2.75, 3.05) is 26.2 Å². The fourth-order valence-corrected chi connectivity index (χ4v) is 2.78. The molecule has 1 amide bonds. The molecule has 2 saturated heterocycles. The number of nitrogens with zero attached hydrogens (tertiary/aromatic N) is 1. The lowest BCUT2D eigenvalue weighted by molar-refractivity contribution is -0.136. The van der Waals surface area contributed by atoms with Crippen LogP contribution in [0.15, 0.2) is 30.3 Å². The van der Waals surface area contributed by atoms with Gasteiger partial charge in [-0.2, -0.15) is 0 Å². The number of carbonyl (C=O) groups is 1. The molecular formula is C14H19N3O. The summed E-state index contributed by atoms with van der Waals surface area (Å²) < 4.78 is 0. The molecule has 2 atom stereocenters. The number of nitrogens with one attached hydrogen (secondary N) is 1. The lowest BCUT2D eigenvalue weighted by Crippen LogP contribution is -2.51. The number of carbonyl (C=O) groups excluding carboxylic acids is 1. The van der Waals surface area contributed by atoms with Crippen molar-refractivity contribution in [1.29, 1.82) is 0 Å². The molecule has 4 heteroatoms. The van der Waals surface area contributed by atoms with Gasteiger partial charge in [0.25, 0.3) is 0 Å². The van der Waals surface area contributed by atoms with Crippen LogP contribution in [0.5, 0.6) is 0 Å². The van der Waals surface area contributed by atoms with Crippen LogP contribution in [-0.2, 0) is 4.79 Å². The van der Waals surface area contributed by atoms with Crippen LogP contribution in [0.25, 0.3) is 0 Å². The summed E-state index contributed by atoms with van der Waals surface area (Å²) in [5.41, 5.74) is 7.43. The minimum Gasteiger partial charge on any atom is -0.340 e. The first-order valence-corrected chi connectivity index (χ1v) is 6.55. The Hall–Kier alpha value is -1.39. The summed E-state index contributed by atoms with van der Waals surface area (Å²) in [6, 6.07) is 10.3. The summed E-state index contributed by atoms with van der Waals surface area (Å²) in [5, 5.41) is 3.14. The van der Waals surface area contributed by atoms with Crippen molar-refractivity contribution in [3.63, 3.8) is 0 Å². The molecule has 1 aromatic rings. The summed E-state index contributed by atoms with van der Waals surface area (Å²) in [6.45, 7) is 3.09. The minimum atomic E-state index is 0.0596. The van der Waals surface area contributed by atoms with Crippen molar-refractivity contribution in [2.24, 2.45) is 11.7 Å². The molecule has 2 heterocycles. The molecule has 3 N–H and O–H groups in total. The third-order valence-corrected chi connectivity index (χ3v) is 4.04. The van der Waals surface area contributed by atoms with Gasteiger partial charge in [0.15, 0.2) is 0 Å². The van der Waals surface area contributed by atoms with Crippen LogP contribution in [0.2, 0.25) is 0 Å². The molecule has 0 spiro atoms. The third kappa shape index (κ3) is 2.02. The summed E-state index contributed by atoms with van der Waals surface area (Å²) in [4.78, 5) is 14.1. The molecule has 0 unspecified atom stereocenters. The maximum Gasteiger partial charge on any atom is 0.228 e. The Kier molecular flexibility index (Phi) is 3.06. The van der Waals surface area contributed by atoms with E-state index in [0.29, 0.717) is 6.54 Å². The average Bonchev–Trinajstić information content (AvgIpc) is 2.70. The lowest BCUT2D eigenvalue weighted by Gasteiger charge is -2.30. The van der Waals surface area contributed by atoms with Crippen molar-refractivity contribution < 1.29 is 4.79 Å². The first-order valence-electron chi connectivity index (χ1n) is 6.55. The summed E-state index contributed by atoms with van der Waals surface area (Å²) in [6.07, 6.45) is 0. The zero-order valence-corrected chi connectivity index (χ0v) is 10.4. The van der Waals surface area contributed by atoms with Gasteiger partial charge in [0, 0.05) is 38.1 Å². The molecular weight excluding hydrogens is 226 g/mol. The van der Waals surface area contributed by atoms with E-state index in [-0.39, 0.29) is 23.8 Å². The molecule has 18 heavy (non-hydrogen) atoms. The van der Waals surface area contributed by atoms with Gasteiger partial charge < -0.3 is 16.0 Å². The number of hydrogen-bond donors (Lipinski definition) is 2. The number of hydrogen-bond acceptors (Lipinski definition) is 3. The van der Waals surface area contributed by atoms with Gasteiger partial charge in [-0.1, -0.05) is 30.3 Å². The quantitative estimate of drug-likeness (QED) is 0.780. The van der Waals surface area contributed by atoms with Gasteiger partial charge in [0.2, 0.25) is 5.91 Å². The molecule has 2 aliphatic rings. The second kappa shape index (κ2) is 4.71. The first-order chi connectivity index (χ1) is 8.75. The standard InChI is InChI=1S/C14H19N3O/c15-13-9-17(14(18)11-6-16-7-11)8-12(13)10-4-2-1-3-5-10/h1-5,11-13,16H,6-9,15H2/t12-,13+/m0/s1. The highest BCUT2D eigenvalue weighted by Crippen LogP contribution is 2.27. The second-order valence-electron chi connectivity index (χ2n) is 5.28. The van der Waals surface area contributed by atoms with E-state index in [0.717, 1.165) is 19.6 Å². The molecule has 4 nitrogen and oxygen atoms in total. The molecule has 0 aromatic heterocycles. The van der Waals surface area contributed by atoms with Gasteiger partial charge in [-0.25, -0.2) is 0 Å². The largest absolute Gasteiger partial charge is 0.340 e. The Morgan fingerprint density at radius 2 is 1.94 bits per heavy atom. The number of likely N-dealkylation sites (tertiary alicyclic amines) is 1. The highest BCUT2D eigenvalue weighted by atomic mass is 16.2. The molecule has 3 rings (SSSR count). The number of nitrogens with two attached hydrogens (primary N) is 1. The molecule has 2 aliphatic heterocycles. The van der Waals surface area contributed by atoms with Crippen LogP contribution in [0, 0.1) is 5.92 Å². The molecule has 1 aromatic carbocycles. The third-order valence-electron chi connectivity index (χ3n) is 4.04. The zero-order valence-electron chi connectivity index (χ0n) is 10.4. The molecule has 2 fully saturated rings. The van der Waals surface area contributed by atoms with E-state index >= 15 is 0 Å². The Morgan fingerprint density at radius 1 is 1.22 bits per heavy atom. The second-order valence-corrected chi connectivity index (χ2v) is 5.28. The zero-order chi connectivity index (χ0) is 12.5. The fraction of sp³-hybridized carbons (Fsp3) is 0.500. The lowest BCUT2D eigenvalue weighted by atomic mass is 9.95. The van der Waals surface area contributed by atoms with Gasteiger partial charge in [-0.15, -0.1) is 0 Å². The molecule has 0 radical (unpaired) electrons. The maximum atomic E-state index is 12.2. The number of rotatable bonds is 2. The smallest absolute Gasteiger partial charge is 0.228 e. The van der Waals surface area contributed by atoms with E-state index in [9.17, 15) is 4.79 Å². The maximum absolute atomic E-state index is 12.2. The summed E-state index contributed by atoms with van der Waals surface area (Å²) in [7, 11) is 0. The van der Waals surface area contributed by atoms with Gasteiger partial charge >= 0.3 is 0 Å². The summed E-state index contributed by atoms with van der Waals surface area (Å²) >= 11 is 0. The molecule has 0 aliphatic carbocycles. The number of benzene rings is 1. The van der Waals surface area contributed by atoms with E-state index in [1.165, 1.54) is 5.56 Å². The first kappa shape index (κ1) is 11.7. The van der Waals surface area contributed by atoms with Gasteiger partial charge in [-0.3, -0.25) is 4.79 Å². The Balaban J connectivity index is 1.70. The Morgan fingerprint density at radius 3 is 2.56 bits per heavy atom. The SMILES string of the molecule is N[C@@H]1CN(C(=O)C2CNC2)C[C@H]1c1ccccc1.